The number of benzene rings is 1. The molecule has 3 aliphatic heterocycles. The molecule has 0 radical (unpaired) electrons. The summed E-state index contributed by atoms with van der Waals surface area (Å²) in [6.07, 6.45) is 5.92. The van der Waals surface area contributed by atoms with E-state index in [-0.39, 0.29) is 17.9 Å². The van der Waals surface area contributed by atoms with Gasteiger partial charge in [-0.2, -0.15) is 0 Å². The molecular formula is C23H35N3O3. The number of rotatable bonds is 7. The van der Waals surface area contributed by atoms with E-state index in [1.54, 1.807) is 12.1 Å². The smallest absolute Gasteiger partial charge is 0.224 e. The van der Waals surface area contributed by atoms with Crippen molar-refractivity contribution in [2.24, 2.45) is 11.8 Å². The van der Waals surface area contributed by atoms with E-state index >= 15 is 0 Å². The first-order valence-electron chi connectivity index (χ1n) is 11.3. The fourth-order valence-corrected chi connectivity index (χ4v) is 5.11. The fourth-order valence-electron chi connectivity index (χ4n) is 5.11. The molecule has 3 fully saturated rings. The lowest BCUT2D eigenvalue weighted by atomic mass is 9.87. The third-order valence-electron chi connectivity index (χ3n) is 6.57. The van der Waals surface area contributed by atoms with Crippen molar-refractivity contribution in [3.8, 4) is 5.75 Å². The number of nitrogens with one attached hydrogen (secondary N) is 1. The molecule has 1 aromatic carbocycles. The topological polar surface area (TPSA) is 65.0 Å². The third-order valence-corrected chi connectivity index (χ3v) is 6.57. The molecule has 6 heteroatoms. The Kier molecular flexibility index (Phi) is 7.06. The molecule has 6 nitrogen and oxygen atoms in total. The van der Waals surface area contributed by atoms with E-state index in [0.29, 0.717) is 18.2 Å². The van der Waals surface area contributed by atoms with Crippen molar-refractivity contribution in [3.63, 3.8) is 0 Å². The van der Waals surface area contributed by atoms with Crippen LogP contribution in [0.15, 0.2) is 24.3 Å². The molecule has 0 aliphatic carbocycles. The van der Waals surface area contributed by atoms with Gasteiger partial charge in [0.25, 0.3) is 0 Å². The minimum Gasteiger partial charge on any atom is -0.508 e. The standard InChI is InChI=1S/C23H35N3O3/c27-21-7-5-18(6-8-21)14-26-16-19(15-25-9-1-2-10-25)12-20(17-26)23(28)24-13-22-4-3-11-29-22/h5-8,19-20,22,27H,1-4,9-17H2,(H,24,28)/t19-,20-,22+/m1/s1. The van der Waals surface area contributed by atoms with Gasteiger partial charge >= 0.3 is 0 Å². The van der Waals surface area contributed by atoms with Gasteiger partial charge in [0.05, 0.1) is 12.0 Å². The second-order valence-corrected chi connectivity index (χ2v) is 9.05. The number of hydrogen-bond acceptors (Lipinski definition) is 5. The molecule has 3 saturated heterocycles. The van der Waals surface area contributed by atoms with Crippen molar-refractivity contribution < 1.29 is 14.6 Å². The van der Waals surface area contributed by atoms with Crippen molar-refractivity contribution >= 4 is 5.91 Å². The number of piperidine rings is 1. The van der Waals surface area contributed by atoms with Gasteiger partial charge in [0.2, 0.25) is 5.91 Å². The van der Waals surface area contributed by atoms with Crippen molar-refractivity contribution in [2.75, 3.05) is 45.9 Å². The van der Waals surface area contributed by atoms with Crippen LogP contribution in [0.4, 0.5) is 0 Å². The summed E-state index contributed by atoms with van der Waals surface area (Å²) in [6, 6.07) is 7.44. The molecule has 0 saturated carbocycles. The molecule has 3 heterocycles. The van der Waals surface area contributed by atoms with Crippen LogP contribution in [0.5, 0.6) is 5.75 Å². The number of carbonyl (C=O) groups is 1. The summed E-state index contributed by atoms with van der Waals surface area (Å²) in [5.41, 5.74) is 1.18. The number of ether oxygens (including phenoxy) is 1. The number of phenols is 1. The Labute approximate surface area is 174 Å². The lowest BCUT2D eigenvalue weighted by Gasteiger charge is -2.38. The van der Waals surface area contributed by atoms with Crippen molar-refractivity contribution in [1.29, 1.82) is 0 Å². The molecule has 3 aliphatic rings. The molecule has 160 valence electrons. The van der Waals surface area contributed by atoms with Gasteiger partial charge in [0.15, 0.2) is 0 Å². The predicted octanol–water partition coefficient (Wildman–Crippen LogP) is 2.22. The number of hydrogen-bond donors (Lipinski definition) is 2. The molecule has 4 rings (SSSR count). The van der Waals surface area contributed by atoms with Crippen LogP contribution in [-0.2, 0) is 16.1 Å². The molecule has 0 spiro atoms. The summed E-state index contributed by atoms with van der Waals surface area (Å²) < 4.78 is 5.66. The van der Waals surface area contributed by atoms with Gasteiger partial charge in [-0.25, -0.2) is 0 Å². The second-order valence-electron chi connectivity index (χ2n) is 9.05. The van der Waals surface area contributed by atoms with Crippen LogP contribution in [0, 0.1) is 11.8 Å². The van der Waals surface area contributed by atoms with Gasteiger partial charge in [-0.05, 0) is 68.8 Å². The van der Waals surface area contributed by atoms with Crippen molar-refractivity contribution in [2.45, 2.75) is 44.8 Å². The first-order chi connectivity index (χ1) is 14.2. The minimum absolute atomic E-state index is 0.0369. The summed E-state index contributed by atoms with van der Waals surface area (Å²) in [5.74, 6) is 1.04. The zero-order valence-corrected chi connectivity index (χ0v) is 17.4. The summed E-state index contributed by atoms with van der Waals surface area (Å²) in [6.45, 7) is 7.62. The molecule has 0 unspecified atom stereocenters. The molecule has 3 atom stereocenters. The Bertz CT molecular complexity index is 654. The van der Waals surface area contributed by atoms with Crippen LogP contribution < -0.4 is 5.32 Å². The maximum absolute atomic E-state index is 12.9. The van der Waals surface area contributed by atoms with Crippen LogP contribution >= 0.6 is 0 Å². The van der Waals surface area contributed by atoms with E-state index in [9.17, 15) is 9.90 Å². The molecular weight excluding hydrogens is 366 g/mol. The molecule has 2 N–H and O–H groups in total. The van der Waals surface area contributed by atoms with Gasteiger partial charge in [-0.3, -0.25) is 9.69 Å². The highest BCUT2D eigenvalue weighted by atomic mass is 16.5. The Morgan fingerprint density at radius 1 is 1.10 bits per heavy atom. The summed E-state index contributed by atoms with van der Waals surface area (Å²) >= 11 is 0. The molecule has 0 bridgehead atoms. The predicted molar refractivity (Wildman–Crippen MR) is 113 cm³/mol. The summed E-state index contributed by atoms with van der Waals surface area (Å²) in [4.78, 5) is 17.9. The van der Waals surface area contributed by atoms with Crippen LogP contribution in [0.1, 0.15) is 37.7 Å². The van der Waals surface area contributed by atoms with Crippen LogP contribution in [0.25, 0.3) is 0 Å². The third kappa shape index (κ3) is 5.93. The normalized spacial score (nSPS) is 28.6. The van der Waals surface area contributed by atoms with E-state index in [1.807, 2.05) is 12.1 Å². The maximum Gasteiger partial charge on any atom is 0.224 e. The first-order valence-corrected chi connectivity index (χ1v) is 11.3. The monoisotopic (exact) mass is 401 g/mol. The van der Waals surface area contributed by atoms with Gasteiger partial charge < -0.3 is 20.1 Å². The number of aromatic hydroxyl groups is 1. The average Bonchev–Trinajstić information content (AvgIpc) is 3.42. The van der Waals surface area contributed by atoms with Crippen LogP contribution in [-0.4, -0.2) is 72.8 Å². The first kappa shape index (κ1) is 20.6. The Morgan fingerprint density at radius 2 is 1.90 bits per heavy atom. The largest absolute Gasteiger partial charge is 0.508 e. The SMILES string of the molecule is O=C(NC[C@@H]1CCCO1)[C@@H]1C[C@H](CN2CCCC2)CN(Cc2ccc(O)cc2)C1. The van der Waals surface area contributed by atoms with Crippen LogP contribution in [0.2, 0.25) is 0 Å². The van der Waals surface area contributed by atoms with Gasteiger partial charge in [0.1, 0.15) is 5.75 Å². The van der Waals surface area contributed by atoms with Crippen molar-refractivity contribution in [3.05, 3.63) is 29.8 Å². The van der Waals surface area contributed by atoms with E-state index in [0.717, 1.165) is 52.0 Å². The lowest BCUT2D eigenvalue weighted by Crippen LogP contribution is -2.49. The highest BCUT2D eigenvalue weighted by Gasteiger charge is 2.33. The van der Waals surface area contributed by atoms with E-state index in [1.165, 1.54) is 31.5 Å². The number of phenolic OH excluding ortho intramolecular Hbond substituents is 1. The van der Waals surface area contributed by atoms with Crippen LogP contribution in [0.3, 0.4) is 0 Å². The lowest BCUT2D eigenvalue weighted by molar-refractivity contribution is -0.128. The Hall–Kier alpha value is -1.63. The zero-order valence-electron chi connectivity index (χ0n) is 17.4. The van der Waals surface area contributed by atoms with E-state index < -0.39 is 0 Å². The maximum atomic E-state index is 12.9. The number of nitrogens with zero attached hydrogens (tertiary/aromatic N) is 2. The molecule has 1 aromatic rings. The Morgan fingerprint density at radius 3 is 2.62 bits per heavy atom. The highest BCUT2D eigenvalue weighted by molar-refractivity contribution is 5.79. The van der Waals surface area contributed by atoms with Crippen molar-refractivity contribution in [1.82, 2.24) is 15.1 Å². The van der Waals surface area contributed by atoms with E-state index in [2.05, 4.69) is 15.1 Å². The number of amides is 1. The summed E-state index contributed by atoms with van der Waals surface area (Å²) in [5, 5.41) is 12.7. The molecule has 1 amide bonds. The average molecular weight is 402 g/mol. The van der Waals surface area contributed by atoms with E-state index in [4.69, 9.17) is 4.74 Å². The molecule has 0 aromatic heterocycles. The molecule has 29 heavy (non-hydrogen) atoms. The Balaban J connectivity index is 1.37. The fraction of sp³-hybridized carbons (Fsp3) is 0.696. The second kappa shape index (κ2) is 9.92. The quantitative estimate of drug-likeness (QED) is 0.734. The van der Waals surface area contributed by atoms with Gasteiger partial charge in [0, 0.05) is 39.3 Å². The zero-order chi connectivity index (χ0) is 20.1. The summed E-state index contributed by atoms with van der Waals surface area (Å²) in [7, 11) is 0. The van der Waals surface area contributed by atoms with Gasteiger partial charge in [-0.15, -0.1) is 0 Å². The number of carbonyl (C=O) groups excluding carboxylic acids is 1. The number of likely N-dealkylation sites (tertiary alicyclic amines) is 2. The van der Waals surface area contributed by atoms with Gasteiger partial charge in [-0.1, -0.05) is 12.1 Å². The minimum atomic E-state index is 0.0369. The highest BCUT2D eigenvalue weighted by Crippen LogP contribution is 2.26.